The highest BCUT2D eigenvalue weighted by Gasteiger charge is 2.39. The highest BCUT2D eigenvalue weighted by Crippen LogP contribution is 2.34. The fourth-order valence-electron chi connectivity index (χ4n) is 6.52. The number of aliphatic hydroxyl groups excluding tert-OH is 1. The Hall–Kier alpha value is -4.52. The number of carbonyl (C=O) groups excluding carboxylic acids is 2. The van der Waals surface area contributed by atoms with Gasteiger partial charge in [-0.25, -0.2) is 14.8 Å². The lowest BCUT2D eigenvalue weighted by atomic mass is 9.83. The van der Waals surface area contributed by atoms with Crippen molar-refractivity contribution in [2.45, 2.75) is 109 Å². The Morgan fingerprint density at radius 3 is 2.29 bits per heavy atom. The van der Waals surface area contributed by atoms with E-state index in [-0.39, 0.29) is 32.4 Å². The zero-order chi connectivity index (χ0) is 36.1. The smallest absolute Gasteiger partial charge is 0.408 e. The molecule has 0 spiro atoms. The molecule has 2 aromatic carbocycles. The van der Waals surface area contributed by atoms with Crippen molar-refractivity contribution in [1.82, 2.24) is 29.7 Å². The number of ether oxygens (including phenoxy) is 3. The van der Waals surface area contributed by atoms with Crippen molar-refractivity contribution in [1.29, 1.82) is 0 Å². The predicted octanol–water partition coefficient (Wildman–Crippen LogP) is 6.29. The van der Waals surface area contributed by atoms with Crippen molar-refractivity contribution < 1.29 is 28.9 Å². The van der Waals surface area contributed by atoms with Crippen LogP contribution in [0.5, 0.6) is 0 Å². The van der Waals surface area contributed by atoms with Gasteiger partial charge in [-0.2, -0.15) is 0 Å². The maximum absolute atomic E-state index is 14.9. The highest BCUT2D eigenvalue weighted by atomic mass is 16.6. The number of rotatable bonds is 17. The van der Waals surface area contributed by atoms with Gasteiger partial charge in [-0.05, 0) is 44.2 Å². The van der Waals surface area contributed by atoms with Gasteiger partial charge in [-0.15, -0.1) is 0 Å². The molecular formula is C39H52N6O6. The van der Waals surface area contributed by atoms with Crippen LogP contribution in [0.4, 0.5) is 4.79 Å². The second kappa shape index (κ2) is 18.6. The molecule has 1 saturated carbocycles. The maximum Gasteiger partial charge on any atom is 0.408 e. The zero-order valence-corrected chi connectivity index (χ0v) is 29.9. The second-order valence-corrected chi connectivity index (χ2v) is 14.2. The fourth-order valence-corrected chi connectivity index (χ4v) is 6.52. The lowest BCUT2D eigenvalue weighted by Gasteiger charge is -2.39. The van der Waals surface area contributed by atoms with E-state index >= 15 is 0 Å². The van der Waals surface area contributed by atoms with Gasteiger partial charge in [0.2, 0.25) is 5.91 Å². The minimum atomic E-state index is -1.18. The number of hydrogen-bond acceptors (Lipinski definition) is 8. The SMILES string of the molecule is CC(C)(C)OC(=O)N[C@@H](Cc1cnc[nH]1)C(=O)N(COCc1ccccc1)[C@@H](CC1CCCCC1)[C@@H](O)c1nccn1COCc1ccccc1. The lowest BCUT2D eigenvalue weighted by molar-refractivity contribution is -0.148. The van der Waals surface area contributed by atoms with E-state index < -0.39 is 35.8 Å². The second-order valence-electron chi connectivity index (χ2n) is 14.2. The number of aromatic nitrogens is 4. The van der Waals surface area contributed by atoms with Crippen molar-refractivity contribution in [3.05, 3.63) is 108 Å². The van der Waals surface area contributed by atoms with E-state index in [2.05, 4.69) is 20.3 Å². The number of carbonyl (C=O) groups is 2. The molecule has 4 aromatic rings. The molecular weight excluding hydrogens is 648 g/mol. The number of amides is 2. The number of alkyl carbamates (subject to hydrolysis) is 1. The van der Waals surface area contributed by atoms with Crippen LogP contribution >= 0.6 is 0 Å². The molecule has 3 N–H and O–H groups in total. The molecule has 12 nitrogen and oxygen atoms in total. The largest absolute Gasteiger partial charge is 0.444 e. The highest BCUT2D eigenvalue weighted by molar-refractivity contribution is 5.86. The van der Waals surface area contributed by atoms with Crippen LogP contribution in [-0.4, -0.2) is 65.9 Å². The number of hydrogen-bond donors (Lipinski definition) is 3. The first-order valence-corrected chi connectivity index (χ1v) is 17.9. The van der Waals surface area contributed by atoms with E-state index in [0.29, 0.717) is 24.5 Å². The third kappa shape index (κ3) is 11.8. The molecule has 0 radical (unpaired) electrons. The Kier molecular flexibility index (Phi) is 13.8. The molecule has 2 heterocycles. The van der Waals surface area contributed by atoms with Crippen LogP contribution in [0.15, 0.2) is 85.6 Å². The van der Waals surface area contributed by atoms with Gasteiger partial charge in [0.25, 0.3) is 0 Å². The summed E-state index contributed by atoms with van der Waals surface area (Å²) in [6, 6.07) is 17.8. The van der Waals surface area contributed by atoms with E-state index in [1.165, 1.54) is 12.7 Å². The molecule has 0 unspecified atom stereocenters. The van der Waals surface area contributed by atoms with Crippen molar-refractivity contribution in [2.75, 3.05) is 6.73 Å². The summed E-state index contributed by atoms with van der Waals surface area (Å²) in [5, 5.41) is 15.1. The van der Waals surface area contributed by atoms with Gasteiger partial charge in [0.05, 0.1) is 25.6 Å². The lowest BCUT2D eigenvalue weighted by Crippen LogP contribution is -2.55. The van der Waals surface area contributed by atoms with Gasteiger partial charge in [-0.3, -0.25) is 4.79 Å². The average molecular weight is 701 g/mol. The molecule has 0 saturated heterocycles. The van der Waals surface area contributed by atoms with E-state index in [0.717, 1.165) is 36.8 Å². The molecule has 274 valence electrons. The van der Waals surface area contributed by atoms with Crippen LogP contribution in [-0.2, 0) is 45.4 Å². The Balaban J connectivity index is 1.45. The molecule has 1 aliphatic rings. The van der Waals surface area contributed by atoms with Crippen LogP contribution < -0.4 is 5.32 Å². The third-order valence-electron chi connectivity index (χ3n) is 9.01. The molecule has 51 heavy (non-hydrogen) atoms. The molecule has 0 aliphatic heterocycles. The average Bonchev–Trinajstić information content (AvgIpc) is 3.82. The Morgan fingerprint density at radius 1 is 1.00 bits per heavy atom. The maximum atomic E-state index is 14.9. The predicted molar refractivity (Wildman–Crippen MR) is 192 cm³/mol. The van der Waals surface area contributed by atoms with E-state index in [1.807, 2.05) is 60.7 Å². The number of benzene rings is 2. The van der Waals surface area contributed by atoms with Gasteiger partial charge in [0.1, 0.15) is 37.0 Å². The van der Waals surface area contributed by atoms with Crippen LogP contribution in [0, 0.1) is 5.92 Å². The summed E-state index contributed by atoms with van der Waals surface area (Å²) in [5.74, 6) is 0.252. The summed E-state index contributed by atoms with van der Waals surface area (Å²) < 4.78 is 19.6. The molecule has 1 fully saturated rings. The van der Waals surface area contributed by atoms with Gasteiger partial charge < -0.3 is 39.1 Å². The summed E-state index contributed by atoms with van der Waals surface area (Å²) in [6.07, 6.45) is 10.7. The summed E-state index contributed by atoms with van der Waals surface area (Å²) in [5.41, 5.74) is 1.86. The van der Waals surface area contributed by atoms with Gasteiger partial charge in [0.15, 0.2) is 0 Å². The molecule has 3 atom stereocenters. The van der Waals surface area contributed by atoms with Crippen molar-refractivity contribution in [2.24, 2.45) is 5.92 Å². The minimum absolute atomic E-state index is 0.122. The monoisotopic (exact) mass is 700 g/mol. The fraction of sp³-hybridized carbons (Fsp3) is 0.487. The van der Waals surface area contributed by atoms with Crippen molar-refractivity contribution in [3.63, 3.8) is 0 Å². The quantitative estimate of drug-likeness (QED) is 0.109. The topological polar surface area (TPSA) is 144 Å². The van der Waals surface area contributed by atoms with E-state index in [1.54, 1.807) is 48.8 Å². The number of aliphatic hydroxyl groups is 1. The molecule has 1 aliphatic carbocycles. The molecule has 5 rings (SSSR count). The third-order valence-corrected chi connectivity index (χ3v) is 9.01. The van der Waals surface area contributed by atoms with Crippen LogP contribution in [0.2, 0.25) is 0 Å². The van der Waals surface area contributed by atoms with Crippen molar-refractivity contribution in [3.8, 4) is 0 Å². The van der Waals surface area contributed by atoms with Crippen molar-refractivity contribution >= 4 is 12.0 Å². The number of H-pyrrole nitrogens is 1. The number of aromatic amines is 1. The first kappa shape index (κ1) is 37.7. The summed E-state index contributed by atoms with van der Waals surface area (Å²) in [7, 11) is 0. The van der Waals surface area contributed by atoms with E-state index in [4.69, 9.17) is 14.2 Å². The molecule has 0 bridgehead atoms. The normalized spacial score (nSPS) is 15.5. The van der Waals surface area contributed by atoms with Gasteiger partial charge in [-0.1, -0.05) is 92.8 Å². The van der Waals surface area contributed by atoms with Gasteiger partial charge >= 0.3 is 6.09 Å². The minimum Gasteiger partial charge on any atom is -0.444 e. The molecule has 12 heteroatoms. The molecule has 2 aromatic heterocycles. The Labute approximate surface area is 300 Å². The number of nitrogens with one attached hydrogen (secondary N) is 2. The number of imidazole rings is 2. The standard InChI is InChI=1S/C39H52N6O6/c1-39(2,3)51-38(48)43-33(22-32-23-40-26-42-32)37(47)45(28-50-25-31-17-11-6-12-18-31)34(21-29-13-7-4-8-14-29)35(46)36-41-19-20-44(36)27-49-24-30-15-9-5-10-16-30/h5-6,9-12,15-20,23,26,29,33-35,46H,4,7-8,13-14,21-22,24-25,27-28H2,1-3H3,(H,40,42)(H,43,48)/t33-,34-,35+/m0/s1. The number of nitrogens with zero attached hydrogens (tertiary/aromatic N) is 4. The Morgan fingerprint density at radius 2 is 1.67 bits per heavy atom. The summed E-state index contributed by atoms with van der Waals surface area (Å²) in [4.78, 5) is 41.3. The van der Waals surface area contributed by atoms with E-state index in [9.17, 15) is 14.7 Å². The first-order chi connectivity index (χ1) is 24.7. The van der Waals surface area contributed by atoms with Crippen LogP contribution in [0.1, 0.15) is 88.0 Å². The van der Waals surface area contributed by atoms with Gasteiger partial charge in [0, 0.05) is 30.7 Å². The summed E-state index contributed by atoms with van der Waals surface area (Å²) >= 11 is 0. The van der Waals surface area contributed by atoms with Crippen LogP contribution in [0.3, 0.4) is 0 Å². The van der Waals surface area contributed by atoms with Crippen LogP contribution in [0.25, 0.3) is 0 Å². The Bertz CT molecular complexity index is 1600. The summed E-state index contributed by atoms with van der Waals surface area (Å²) in [6.45, 7) is 5.99. The first-order valence-electron chi connectivity index (χ1n) is 17.9. The zero-order valence-electron chi connectivity index (χ0n) is 29.9. The molecule has 2 amide bonds.